The molecule has 1 aromatic rings. The van der Waals surface area contributed by atoms with Crippen molar-refractivity contribution in [3.8, 4) is 0 Å². The molecule has 0 N–H and O–H groups in total. The molecule has 1 atom stereocenters. The second-order valence-electron chi connectivity index (χ2n) is 5.21. The van der Waals surface area contributed by atoms with Crippen molar-refractivity contribution in [1.29, 1.82) is 0 Å². The number of aromatic nitrogens is 2. The van der Waals surface area contributed by atoms with Gasteiger partial charge in [0, 0.05) is 18.7 Å². The van der Waals surface area contributed by atoms with Crippen molar-refractivity contribution in [2.75, 3.05) is 19.6 Å². The Bertz CT molecular complexity index is 394. The van der Waals surface area contributed by atoms with Gasteiger partial charge < -0.3 is 4.90 Å². The molecule has 3 heteroatoms. The van der Waals surface area contributed by atoms with Crippen molar-refractivity contribution >= 4 is 0 Å². The van der Waals surface area contributed by atoms with Crippen molar-refractivity contribution in [2.45, 2.75) is 32.6 Å². The van der Waals surface area contributed by atoms with Crippen molar-refractivity contribution in [2.24, 2.45) is 5.92 Å². The molecule has 1 aromatic heterocycles. The zero-order valence-corrected chi connectivity index (χ0v) is 10.1. The molecule has 4 heterocycles. The molecule has 3 aliphatic heterocycles. The third-order valence-corrected chi connectivity index (χ3v) is 4.25. The number of piperidine rings is 3. The lowest BCUT2D eigenvalue weighted by Gasteiger charge is -2.44. The highest BCUT2D eigenvalue weighted by molar-refractivity contribution is 5.16. The van der Waals surface area contributed by atoms with Crippen molar-refractivity contribution in [1.82, 2.24) is 14.9 Å². The SMILES string of the molecule is Cc1ncc([C@@H]2CN3CCC2CC3)nc1C. The van der Waals surface area contributed by atoms with Crippen LogP contribution in [-0.2, 0) is 0 Å². The van der Waals surface area contributed by atoms with Crippen LogP contribution in [0, 0.1) is 19.8 Å². The van der Waals surface area contributed by atoms with Gasteiger partial charge in [-0.05, 0) is 45.7 Å². The third kappa shape index (κ3) is 1.63. The molecule has 0 unspecified atom stereocenters. The maximum absolute atomic E-state index is 4.73. The van der Waals surface area contributed by atoms with E-state index in [1.807, 2.05) is 13.1 Å². The Labute approximate surface area is 96.9 Å². The monoisotopic (exact) mass is 217 g/mol. The molecule has 0 spiro atoms. The van der Waals surface area contributed by atoms with Crippen LogP contribution in [0.25, 0.3) is 0 Å². The predicted molar refractivity (Wildman–Crippen MR) is 63.4 cm³/mol. The number of fused-ring (bicyclic) bond motifs is 3. The molecule has 0 radical (unpaired) electrons. The summed E-state index contributed by atoms with van der Waals surface area (Å²) in [5.74, 6) is 1.48. The molecule has 0 aliphatic carbocycles. The van der Waals surface area contributed by atoms with Crippen LogP contribution in [0.1, 0.15) is 35.8 Å². The molecular weight excluding hydrogens is 198 g/mol. The summed E-state index contributed by atoms with van der Waals surface area (Å²) in [5, 5.41) is 0. The summed E-state index contributed by atoms with van der Waals surface area (Å²) >= 11 is 0. The minimum absolute atomic E-state index is 0.634. The Morgan fingerprint density at radius 2 is 1.94 bits per heavy atom. The predicted octanol–water partition coefficient (Wildman–Crippen LogP) is 1.90. The fourth-order valence-electron chi connectivity index (χ4n) is 3.04. The molecule has 0 saturated carbocycles. The number of aryl methyl sites for hydroxylation is 2. The van der Waals surface area contributed by atoms with Crippen LogP contribution in [0.15, 0.2) is 6.20 Å². The molecule has 0 amide bonds. The van der Waals surface area contributed by atoms with E-state index in [0.29, 0.717) is 5.92 Å². The lowest BCUT2D eigenvalue weighted by Crippen LogP contribution is -2.46. The van der Waals surface area contributed by atoms with Gasteiger partial charge in [-0.15, -0.1) is 0 Å². The highest BCUT2D eigenvalue weighted by Gasteiger charge is 2.35. The van der Waals surface area contributed by atoms with Gasteiger partial charge in [0.15, 0.2) is 0 Å². The first-order chi connectivity index (χ1) is 7.74. The van der Waals surface area contributed by atoms with Crippen LogP contribution >= 0.6 is 0 Å². The van der Waals surface area contributed by atoms with E-state index in [1.54, 1.807) is 0 Å². The smallest absolute Gasteiger partial charge is 0.0636 e. The van der Waals surface area contributed by atoms with E-state index in [1.165, 1.54) is 38.2 Å². The van der Waals surface area contributed by atoms with Gasteiger partial charge in [-0.3, -0.25) is 9.97 Å². The zero-order chi connectivity index (χ0) is 11.1. The van der Waals surface area contributed by atoms with Crippen molar-refractivity contribution in [3.05, 3.63) is 23.3 Å². The summed E-state index contributed by atoms with van der Waals surface area (Å²) < 4.78 is 0. The highest BCUT2D eigenvalue weighted by atomic mass is 15.1. The van der Waals surface area contributed by atoms with Gasteiger partial charge in [0.05, 0.1) is 17.1 Å². The van der Waals surface area contributed by atoms with Crippen LogP contribution < -0.4 is 0 Å². The van der Waals surface area contributed by atoms with Crippen LogP contribution in [0.5, 0.6) is 0 Å². The lowest BCUT2D eigenvalue weighted by molar-refractivity contribution is 0.0852. The summed E-state index contributed by atoms with van der Waals surface area (Å²) in [5.41, 5.74) is 3.37. The molecular formula is C13H19N3. The minimum atomic E-state index is 0.634. The normalized spacial score (nSPS) is 33.0. The molecule has 3 fully saturated rings. The van der Waals surface area contributed by atoms with E-state index in [2.05, 4.69) is 16.8 Å². The summed E-state index contributed by atoms with van der Waals surface area (Å²) in [6, 6.07) is 0. The molecule has 16 heavy (non-hydrogen) atoms. The summed E-state index contributed by atoms with van der Waals surface area (Å²) in [6.07, 6.45) is 4.69. The molecule has 0 aromatic carbocycles. The van der Waals surface area contributed by atoms with Gasteiger partial charge >= 0.3 is 0 Å². The first kappa shape index (κ1) is 10.2. The van der Waals surface area contributed by atoms with Crippen LogP contribution in [0.3, 0.4) is 0 Å². The molecule has 2 bridgehead atoms. The van der Waals surface area contributed by atoms with E-state index in [9.17, 15) is 0 Å². The summed E-state index contributed by atoms with van der Waals surface area (Å²) in [7, 11) is 0. The topological polar surface area (TPSA) is 29.0 Å². The van der Waals surface area contributed by atoms with Crippen molar-refractivity contribution < 1.29 is 0 Å². The van der Waals surface area contributed by atoms with E-state index in [4.69, 9.17) is 4.98 Å². The van der Waals surface area contributed by atoms with Gasteiger partial charge in [-0.25, -0.2) is 0 Å². The Hall–Kier alpha value is -0.960. The first-order valence-electron chi connectivity index (χ1n) is 6.26. The van der Waals surface area contributed by atoms with E-state index in [0.717, 1.165) is 17.3 Å². The first-order valence-corrected chi connectivity index (χ1v) is 6.26. The molecule has 4 rings (SSSR count). The summed E-state index contributed by atoms with van der Waals surface area (Å²) in [4.78, 5) is 11.8. The van der Waals surface area contributed by atoms with Gasteiger partial charge in [-0.1, -0.05) is 0 Å². The number of hydrogen-bond donors (Lipinski definition) is 0. The summed E-state index contributed by atoms with van der Waals surface area (Å²) in [6.45, 7) is 7.87. The molecule has 3 aliphatic rings. The Balaban J connectivity index is 1.89. The molecule has 86 valence electrons. The molecule has 3 saturated heterocycles. The number of nitrogens with zero attached hydrogens (tertiary/aromatic N) is 3. The van der Waals surface area contributed by atoms with Gasteiger partial charge in [0.1, 0.15) is 0 Å². The average molecular weight is 217 g/mol. The maximum Gasteiger partial charge on any atom is 0.0636 e. The molecule has 3 nitrogen and oxygen atoms in total. The average Bonchev–Trinajstić information content (AvgIpc) is 2.34. The van der Waals surface area contributed by atoms with Gasteiger partial charge in [-0.2, -0.15) is 0 Å². The highest BCUT2D eigenvalue weighted by Crippen LogP contribution is 2.37. The number of hydrogen-bond acceptors (Lipinski definition) is 3. The largest absolute Gasteiger partial charge is 0.303 e. The number of rotatable bonds is 1. The van der Waals surface area contributed by atoms with Gasteiger partial charge in [0.25, 0.3) is 0 Å². The fraction of sp³-hybridized carbons (Fsp3) is 0.692. The van der Waals surface area contributed by atoms with E-state index >= 15 is 0 Å². The van der Waals surface area contributed by atoms with E-state index in [-0.39, 0.29) is 0 Å². The quantitative estimate of drug-likeness (QED) is 0.719. The second-order valence-corrected chi connectivity index (χ2v) is 5.21. The second kappa shape index (κ2) is 3.81. The van der Waals surface area contributed by atoms with Crippen LogP contribution in [0.4, 0.5) is 0 Å². The zero-order valence-electron chi connectivity index (χ0n) is 10.1. The Morgan fingerprint density at radius 1 is 1.19 bits per heavy atom. The van der Waals surface area contributed by atoms with Crippen molar-refractivity contribution in [3.63, 3.8) is 0 Å². The van der Waals surface area contributed by atoms with Gasteiger partial charge in [0.2, 0.25) is 0 Å². The Morgan fingerprint density at radius 3 is 2.50 bits per heavy atom. The minimum Gasteiger partial charge on any atom is -0.303 e. The Kier molecular flexibility index (Phi) is 2.43. The van der Waals surface area contributed by atoms with E-state index < -0.39 is 0 Å². The van der Waals surface area contributed by atoms with Crippen LogP contribution in [0.2, 0.25) is 0 Å². The third-order valence-electron chi connectivity index (χ3n) is 4.25. The lowest BCUT2D eigenvalue weighted by atomic mass is 9.77. The standard InChI is InChI=1S/C13H19N3/c1-9-10(2)15-13(7-14-9)12-8-16-5-3-11(12)4-6-16/h7,11-12H,3-6,8H2,1-2H3/t12-/m1/s1. The fourth-order valence-corrected chi connectivity index (χ4v) is 3.04. The maximum atomic E-state index is 4.73. The van der Waals surface area contributed by atoms with Crippen LogP contribution in [-0.4, -0.2) is 34.5 Å².